The molecule has 1 aromatic heterocycles. The van der Waals surface area contributed by atoms with Crippen LogP contribution in [-0.4, -0.2) is 33.3 Å². The molecule has 0 radical (unpaired) electrons. The second-order valence-corrected chi connectivity index (χ2v) is 5.91. The monoisotopic (exact) mass is 349 g/mol. The Bertz CT molecular complexity index is 728. The standard InChI is InChI=1S/C17H20ClN3O3/c1-21-11-13(16(20-21)12-7-4-5-8-14(12)18)17(24)19-10-6-2-3-9-15(22)23/h4-5,7-8,11H,2-3,6,9-10H2,1H3,(H,19,24)(H,22,23). The highest BCUT2D eigenvalue weighted by Gasteiger charge is 2.18. The van der Waals surface area contributed by atoms with Crippen LogP contribution in [0.1, 0.15) is 36.0 Å². The topological polar surface area (TPSA) is 84.2 Å². The molecule has 0 aliphatic heterocycles. The third-order valence-corrected chi connectivity index (χ3v) is 3.88. The van der Waals surface area contributed by atoms with Crippen LogP contribution in [0, 0.1) is 0 Å². The predicted octanol–water partition coefficient (Wildman–Crippen LogP) is 3.12. The van der Waals surface area contributed by atoms with Crippen molar-refractivity contribution < 1.29 is 14.7 Å². The number of nitrogens with one attached hydrogen (secondary N) is 1. The van der Waals surface area contributed by atoms with E-state index in [0.29, 0.717) is 34.8 Å². The van der Waals surface area contributed by atoms with Gasteiger partial charge in [-0.2, -0.15) is 5.10 Å². The maximum Gasteiger partial charge on any atom is 0.303 e. The van der Waals surface area contributed by atoms with Crippen LogP contribution in [0.2, 0.25) is 5.02 Å². The van der Waals surface area contributed by atoms with E-state index in [0.717, 1.165) is 12.8 Å². The number of aromatic nitrogens is 2. The number of nitrogens with zero attached hydrogens (tertiary/aromatic N) is 2. The van der Waals surface area contributed by atoms with E-state index in [1.54, 1.807) is 24.0 Å². The Kier molecular flexibility index (Phi) is 6.37. The molecule has 2 rings (SSSR count). The van der Waals surface area contributed by atoms with Crippen molar-refractivity contribution in [3.63, 3.8) is 0 Å². The second-order valence-electron chi connectivity index (χ2n) is 5.51. The fourth-order valence-electron chi connectivity index (χ4n) is 2.38. The Hall–Kier alpha value is -2.34. The van der Waals surface area contributed by atoms with Gasteiger partial charge in [0.05, 0.1) is 10.6 Å². The Morgan fingerprint density at radius 3 is 2.71 bits per heavy atom. The van der Waals surface area contributed by atoms with E-state index in [1.807, 2.05) is 18.2 Å². The van der Waals surface area contributed by atoms with E-state index in [-0.39, 0.29) is 12.3 Å². The molecule has 1 aromatic carbocycles. The van der Waals surface area contributed by atoms with Gasteiger partial charge in [-0.25, -0.2) is 0 Å². The average molecular weight is 350 g/mol. The van der Waals surface area contributed by atoms with Crippen LogP contribution in [0.5, 0.6) is 0 Å². The highest BCUT2D eigenvalue weighted by atomic mass is 35.5. The molecule has 0 unspecified atom stereocenters. The summed E-state index contributed by atoms with van der Waals surface area (Å²) in [6.07, 6.45) is 3.94. The fourth-order valence-corrected chi connectivity index (χ4v) is 2.61. The minimum absolute atomic E-state index is 0.160. The zero-order valence-corrected chi connectivity index (χ0v) is 14.2. The molecule has 0 spiro atoms. The number of aliphatic carboxylic acids is 1. The Morgan fingerprint density at radius 2 is 2.00 bits per heavy atom. The number of carboxylic acid groups (broad SMARTS) is 1. The van der Waals surface area contributed by atoms with Gasteiger partial charge in [0, 0.05) is 31.8 Å². The summed E-state index contributed by atoms with van der Waals surface area (Å²) in [5.74, 6) is -1.00. The molecule has 128 valence electrons. The molecule has 0 fully saturated rings. The van der Waals surface area contributed by atoms with E-state index in [9.17, 15) is 9.59 Å². The van der Waals surface area contributed by atoms with Crippen molar-refractivity contribution >= 4 is 23.5 Å². The van der Waals surface area contributed by atoms with Crippen molar-refractivity contribution in [2.75, 3.05) is 6.54 Å². The summed E-state index contributed by atoms with van der Waals surface area (Å²) in [6, 6.07) is 7.26. The molecule has 0 aliphatic rings. The zero-order valence-electron chi connectivity index (χ0n) is 13.5. The van der Waals surface area contributed by atoms with Gasteiger partial charge in [0.25, 0.3) is 5.91 Å². The van der Waals surface area contributed by atoms with Crippen molar-refractivity contribution in [2.24, 2.45) is 7.05 Å². The van der Waals surface area contributed by atoms with Crippen LogP contribution < -0.4 is 5.32 Å². The summed E-state index contributed by atoms with van der Waals surface area (Å²) in [5, 5.41) is 16.3. The van der Waals surface area contributed by atoms with Gasteiger partial charge in [0.2, 0.25) is 0 Å². The maximum atomic E-state index is 12.4. The van der Waals surface area contributed by atoms with E-state index < -0.39 is 5.97 Å². The highest BCUT2D eigenvalue weighted by molar-refractivity contribution is 6.33. The van der Waals surface area contributed by atoms with Crippen LogP contribution in [0.4, 0.5) is 0 Å². The van der Waals surface area contributed by atoms with E-state index in [4.69, 9.17) is 16.7 Å². The summed E-state index contributed by atoms with van der Waals surface area (Å²) in [5.41, 5.74) is 1.73. The minimum atomic E-state index is -0.793. The number of hydrogen-bond acceptors (Lipinski definition) is 3. The summed E-state index contributed by atoms with van der Waals surface area (Å²) in [6.45, 7) is 0.495. The number of unbranched alkanes of at least 4 members (excludes halogenated alkanes) is 2. The second kappa shape index (κ2) is 8.49. The molecule has 1 amide bonds. The van der Waals surface area contributed by atoms with Crippen molar-refractivity contribution in [3.05, 3.63) is 41.0 Å². The SMILES string of the molecule is Cn1cc(C(=O)NCCCCCC(=O)O)c(-c2ccccc2Cl)n1. The van der Waals surface area contributed by atoms with Crippen LogP contribution >= 0.6 is 11.6 Å². The molecule has 6 nitrogen and oxygen atoms in total. The van der Waals surface area contributed by atoms with Gasteiger partial charge < -0.3 is 10.4 Å². The molecule has 0 atom stereocenters. The van der Waals surface area contributed by atoms with Gasteiger partial charge in [-0.15, -0.1) is 0 Å². The van der Waals surface area contributed by atoms with E-state index in [1.165, 1.54) is 0 Å². The lowest BCUT2D eigenvalue weighted by atomic mass is 10.1. The number of aryl methyl sites for hydroxylation is 1. The quantitative estimate of drug-likeness (QED) is 0.717. The first-order valence-corrected chi connectivity index (χ1v) is 8.15. The largest absolute Gasteiger partial charge is 0.481 e. The number of halogens is 1. The predicted molar refractivity (Wildman–Crippen MR) is 92.1 cm³/mol. The third kappa shape index (κ3) is 4.83. The first kappa shape index (κ1) is 18.0. The maximum absolute atomic E-state index is 12.4. The van der Waals surface area contributed by atoms with Crippen molar-refractivity contribution in [2.45, 2.75) is 25.7 Å². The first-order valence-electron chi connectivity index (χ1n) is 7.77. The Balaban J connectivity index is 1.98. The highest BCUT2D eigenvalue weighted by Crippen LogP contribution is 2.28. The van der Waals surface area contributed by atoms with Crippen molar-refractivity contribution in [1.29, 1.82) is 0 Å². The summed E-state index contributed by atoms with van der Waals surface area (Å²) < 4.78 is 1.58. The molecule has 0 aliphatic carbocycles. The lowest BCUT2D eigenvalue weighted by molar-refractivity contribution is -0.137. The fraction of sp³-hybridized carbons (Fsp3) is 0.353. The van der Waals surface area contributed by atoms with Gasteiger partial charge >= 0.3 is 5.97 Å². The lowest BCUT2D eigenvalue weighted by Gasteiger charge is -2.06. The smallest absolute Gasteiger partial charge is 0.303 e. The number of carbonyl (C=O) groups is 2. The van der Waals surface area contributed by atoms with Gasteiger partial charge in [-0.1, -0.05) is 36.2 Å². The molecular weight excluding hydrogens is 330 g/mol. The molecule has 2 aromatic rings. The molecule has 0 saturated heterocycles. The van der Waals surface area contributed by atoms with Gasteiger partial charge in [-0.05, 0) is 18.9 Å². The van der Waals surface area contributed by atoms with E-state index >= 15 is 0 Å². The number of rotatable bonds is 8. The van der Waals surface area contributed by atoms with Crippen LogP contribution in [0.15, 0.2) is 30.5 Å². The van der Waals surface area contributed by atoms with Crippen LogP contribution in [0.25, 0.3) is 11.3 Å². The normalized spacial score (nSPS) is 10.6. The third-order valence-electron chi connectivity index (χ3n) is 3.56. The molecule has 2 N–H and O–H groups in total. The summed E-state index contributed by atoms with van der Waals surface area (Å²) >= 11 is 6.20. The molecule has 1 heterocycles. The first-order chi connectivity index (χ1) is 11.5. The number of amides is 1. The molecule has 0 saturated carbocycles. The Labute approximate surface area is 145 Å². The molecule has 7 heteroatoms. The zero-order chi connectivity index (χ0) is 17.5. The number of benzene rings is 1. The van der Waals surface area contributed by atoms with Crippen LogP contribution in [0.3, 0.4) is 0 Å². The number of carboxylic acids is 1. The minimum Gasteiger partial charge on any atom is -0.481 e. The summed E-state index contributed by atoms with van der Waals surface area (Å²) in [4.78, 5) is 22.8. The van der Waals surface area contributed by atoms with Gasteiger partial charge in [0.15, 0.2) is 0 Å². The van der Waals surface area contributed by atoms with E-state index in [2.05, 4.69) is 10.4 Å². The van der Waals surface area contributed by atoms with Gasteiger partial charge in [0.1, 0.15) is 5.69 Å². The summed E-state index contributed by atoms with van der Waals surface area (Å²) in [7, 11) is 1.75. The molecule has 24 heavy (non-hydrogen) atoms. The Morgan fingerprint density at radius 1 is 1.25 bits per heavy atom. The number of hydrogen-bond donors (Lipinski definition) is 2. The van der Waals surface area contributed by atoms with Crippen LogP contribution in [-0.2, 0) is 11.8 Å². The average Bonchev–Trinajstić information content (AvgIpc) is 2.92. The molecular formula is C17H20ClN3O3. The van der Waals surface area contributed by atoms with Crippen molar-refractivity contribution in [3.8, 4) is 11.3 Å². The lowest BCUT2D eigenvalue weighted by Crippen LogP contribution is -2.24. The number of carbonyl (C=O) groups excluding carboxylic acids is 1. The van der Waals surface area contributed by atoms with Gasteiger partial charge in [-0.3, -0.25) is 14.3 Å². The van der Waals surface area contributed by atoms with Crippen molar-refractivity contribution in [1.82, 2.24) is 15.1 Å². The molecule has 0 bridgehead atoms.